The van der Waals surface area contributed by atoms with Crippen LogP contribution in [0.2, 0.25) is 0 Å². The molecule has 0 radical (unpaired) electrons. The van der Waals surface area contributed by atoms with Gasteiger partial charge in [-0.2, -0.15) is 0 Å². The molecular formula is C75H101N15O10. The summed E-state index contributed by atoms with van der Waals surface area (Å²) < 4.78 is 0. The van der Waals surface area contributed by atoms with Gasteiger partial charge in [0.15, 0.2) is 0 Å². The summed E-state index contributed by atoms with van der Waals surface area (Å²) in [6.45, 7) is 1.11. The maximum atomic E-state index is 15.1. The maximum absolute atomic E-state index is 15.1. The first-order valence-corrected chi connectivity index (χ1v) is 35.0. The normalized spacial score (nSPS) is 21.8. The zero-order chi connectivity index (χ0) is 71.8. The molecule has 21 N–H and O–H groups in total. The van der Waals surface area contributed by atoms with Crippen LogP contribution in [0.5, 0.6) is 0 Å². The van der Waals surface area contributed by atoms with Crippen LogP contribution in [-0.4, -0.2) is 146 Å². The van der Waals surface area contributed by atoms with Crippen molar-refractivity contribution >= 4 is 80.6 Å². The second-order valence-corrected chi connectivity index (χ2v) is 25.7. The zero-order valence-electron chi connectivity index (χ0n) is 57.0. The van der Waals surface area contributed by atoms with E-state index in [1.165, 1.54) is 0 Å². The van der Waals surface area contributed by atoms with Gasteiger partial charge in [0.1, 0.15) is 48.3 Å². The fourth-order valence-corrected chi connectivity index (χ4v) is 12.1. The monoisotopic (exact) mass is 1370 g/mol. The van der Waals surface area contributed by atoms with Crippen molar-refractivity contribution in [3.8, 4) is 11.1 Å². The van der Waals surface area contributed by atoms with Gasteiger partial charge in [0.2, 0.25) is 59.1 Å². The molecule has 25 nitrogen and oxygen atoms in total. The van der Waals surface area contributed by atoms with Gasteiger partial charge in [-0.1, -0.05) is 140 Å². The number of nitrogens with one attached hydrogen (secondary N) is 9. The van der Waals surface area contributed by atoms with Crippen LogP contribution < -0.4 is 82.3 Å². The molecular weight excluding hydrogens is 1270 g/mol. The van der Waals surface area contributed by atoms with Gasteiger partial charge in [-0.3, -0.25) is 47.9 Å². The van der Waals surface area contributed by atoms with Crippen LogP contribution in [0.25, 0.3) is 32.7 Å². The van der Waals surface area contributed by atoms with Crippen molar-refractivity contribution < 1.29 is 47.9 Å². The third-order valence-corrected chi connectivity index (χ3v) is 17.8. The van der Waals surface area contributed by atoms with Crippen molar-refractivity contribution in [3.63, 3.8) is 0 Å². The van der Waals surface area contributed by atoms with Gasteiger partial charge in [0, 0.05) is 25.8 Å². The standard InChI is InChI=1S/C75H101N15O10/c76-37-13-8-25-58-69(94)83-59(26-9-14-38-77)70(95)88-62(44-48-29-33-54(34-30-48)51-18-2-1-3-19-51)68(93)82-41-17-12-24-57(80)67(92)87-63(45-49-31-35-52-20-4-6-22-55(52)42-49)73(98)85-61(28-11-16-40-79)72(97)90-65(47-66(81)91)75(100)86-60(27-10-15-39-78)71(96)89-64(74(99)84-58)46-50-32-36-53-21-5-7-23-56(53)43-50/h1-7,18-23,29-36,42-43,57-65H,8-17,24-28,37-41,44-47,76-80H2,(H2,81,91)(H,82,93)(H,83,94)(H,84,99)(H,85,98)(H,86,100)(H,87,92)(H,88,95)(H,89,96)(H,90,97)/t57-,58-,59-,60-,61-,62-,63-,64-,65-/m0/s1. The van der Waals surface area contributed by atoms with Crippen LogP contribution in [0, 0.1) is 0 Å². The van der Waals surface area contributed by atoms with Gasteiger partial charge in [-0.25, -0.2) is 0 Å². The van der Waals surface area contributed by atoms with E-state index in [2.05, 4.69) is 47.9 Å². The van der Waals surface area contributed by atoms with E-state index >= 15 is 4.79 Å². The minimum absolute atomic E-state index is 0.00294. The predicted octanol–water partition coefficient (Wildman–Crippen LogP) is 2.59. The summed E-state index contributed by atoms with van der Waals surface area (Å²) in [5.74, 6) is -7.91. The second-order valence-electron chi connectivity index (χ2n) is 25.7. The first-order chi connectivity index (χ1) is 48.4. The summed E-state index contributed by atoms with van der Waals surface area (Å²) >= 11 is 0. The Morgan fingerprint density at radius 1 is 0.340 bits per heavy atom. The molecule has 6 aromatic carbocycles. The van der Waals surface area contributed by atoms with Crippen molar-refractivity contribution in [1.29, 1.82) is 0 Å². The molecule has 1 saturated heterocycles. The fourth-order valence-electron chi connectivity index (χ4n) is 12.1. The third-order valence-electron chi connectivity index (χ3n) is 17.8. The zero-order valence-corrected chi connectivity index (χ0v) is 57.0. The lowest BCUT2D eigenvalue weighted by Crippen LogP contribution is -2.61. The van der Waals surface area contributed by atoms with Crippen molar-refractivity contribution in [3.05, 3.63) is 156 Å². The minimum Gasteiger partial charge on any atom is -0.370 e. The van der Waals surface area contributed by atoms with E-state index in [1.807, 2.05) is 133 Å². The van der Waals surface area contributed by atoms with Gasteiger partial charge in [-0.05, 0) is 172 Å². The smallest absolute Gasteiger partial charge is 0.243 e. The molecule has 100 heavy (non-hydrogen) atoms. The number of hydrogen-bond acceptors (Lipinski definition) is 15. The number of hydrogen-bond donors (Lipinski definition) is 15. The molecule has 0 saturated carbocycles. The van der Waals surface area contributed by atoms with E-state index < -0.39 is 120 Å². The summed E-state index contributed by atoms with van der Waals surface area (Å²) in [7, 11) is 0. The maximum Gasteiger partial charge on any atom is 0.243 e. The molecule has 1 fully saturated rings. The Morgan fingerprint density at radius 2 is 0.670 bits per heavy atom. The van der Waals surface area contributed by atoms with Gasteiger partial charge >= 0.3 is 0 Å². The number of fused-ring (bicyclic) bond motifs is 2. The molecule has 0 bridgehead atoms. The lowest BCUT2D eigenvalue weighted by atomic mass is 9.99. The first kappa shape index (κ1) is 77.7. The molecule has 536 valence electrons. The highest BCUT2D eigenvalue weighted by Crippen LogP contribution is 2.23. The average molecular weight is 1370 g/mol. The molecule has 1 aliphatic heterocycles. The van der Waals surface area contributed by atoms with E-state index in [9.17, 15) is 43.2 Å². The van der Waals surface area contributed by atoms with E-state index in [-0.39, 0.29) is 90.5 Å². The Morgan fingerprint density at radius 3 is 1.09 bits per heavy atom. The molecule has 0 aromatic heterocycles. The Kier molecular flexibility index (Phi) is 31.9. The van der Waals surface area contributed by atoms with E-state index in [1.54, 1.807) is 6.07 Å². The SMILES string of the molecule is NCCCC[C@@H]1NC(=O)[C@H](CCCCN)NC(=O)[C@H](Cc2ccc3ccccc3c2)NC(=O)[C@H](CCCCN)NC(=O)[C@H](CC(N)=O)NC(=O)[C@H](CCCCN)NC(=O)[C@H](Cc2ccc3ccccc3c2)NC(=O)[C@@H](N)CCCCNC(=O)[C@H](Cc2ccc(-c3ccccc3)cc2)NC1=O. The number of carbonyl (C=O) groups excluding carboxylic acids is 10. The van der Waals surface area contributed by atoms with Gasteiger partial charge in [0.25, 0.3) is 0 Å². The van der Waals surface area contributed by atoms with Crippen LogP contribution >= 0.6 is 0 Å². The molecule has 0 spiro atoms. The van der Waals surface area contributed by atoms with Gasteiger partial charge < -0.3 is 82.3 Å². The number of amides is 10. The van der Waals surface area contributed by atoms with Crippen LogP contribution in [0.1, 0.15) is 119 Å². The van der Waals surface area contributed by atoms with Crippen LogP contribution in [0.4, 0.5) is 0 Å². The molecule has 1 aliphatic rings. The molecule has 0 aliphatic carbocycles. The molecule has 10 amide bonds. The average Bonchev–Trinajstić information content (AvgIpc) is 0.849. The highest BCUT2D eigenvalue weighted by Gasteiger charge is 2.36. The van der Waals surface area contributed by atoms with E-state index in [0.717, 1.165) is 38.2 Å². The van der Waals surface area contributed by atoms with Crippen LogP contribution in [0.15, 0.2) is 140 Å². The lowest BCUT2D eigenvalue weighted by molar-refractivity contribution is -0.136. The molecule has 7 rings (SSSR count). The molecule has 0 unspecified atom stereocenters. The number of primary amides is 1. The summed E-state index contributed by atoms with van der Waals surface area (Å²) in [4.78, 5) is 145. The number of benzene rings is 6. The quantitative estimate of drug-likeness (QED) is 0.0366. The van der Waals surface area contributed by atoms with Gasteiger partial charge in [0.05, 0.1) is 12.5 Å². The van der Waals surface area contributed by atoms with Crippen molar-refractivity contribution in [2.45, 2.75) is 176 Å². The van der Waals surface area contributed by atoms with Crippen molar-refractivity contribution in [2.75, 3.05) is 32.7 Å². The van der Waals surface area contributed by atoms with E-state index in [0.29, 0.717) is 68.9 Å². The Labute approximate surface area is 584 Å². The number of unbranched alkanes of at least 4 members (excludes halogenated alkanes) is 4. The Hall–Kier alpha value is -9.66. The molecule has 25 heteroatoms. The Balaban J connectivity index is 1.27. The summed E-state index contributed by atoms with van der Waals surface area (Å²) in [6.07, 6.45) is 3.16. The van der Waals surface area contributed by atoms with E-state index in [4.69, 9.17) is 34.4 Å². The predicted molar refractivity (Wildman–Crippen MR) is 387 cm³/mol. The van der Waals surface area contributed by atoms with Crippen LogP contribution in [0.3, 0.4) is 0 Å². The summed E-state index contributed by atoms with van der Waals surface area (Å²) in [5.41, 5.74) is 39.9. The van der Waals surface area contributed by atoms with Gasteiger partial charge in [-0.15, -0.1) is 0 Å². The largest absolute Gasteiger partial charge is 0.370 e. The third kappa shape index (κ3) is 25.0. The first-order valence-electron chi connectivity index (χ1n) is 35.0. The van der Waals surface area contributed by atoms with Crippen LogP contribution in [-0.2, 0) is 67.2 Å². The molecule has 9 atom stereocenters. The fraction of sp³-hybridized carbons (Fsp3) is 0.440. The lowest BCUT2D eigenvalue weighted by Gasteiger charge is -2.28. The minimum atomic E-state index is -1.71. The summed E-state index contributed by atoms with van der Waals surface area (Å²) in [6, 6.07) is 31.5. The second kappa shape index (κ2) is 41.0. The topological polar surface area (TPSA) is 435 Å². The summed E-state index contributed by atoms with van der Waals surface area (Å²) in [5, 5.41) is 28.9. The van der Waals surface area contributed by atoms with Crippen molar-refractivity contribution in [1.82, 2.24) is 47.9 Å². The Bertz CT molecular complexity index is 3690. The number of carbonyl (C=O) groups is 10. The highest BCUT2D eigenvalue weighted by atomic mass is 16.2. The molecule has 6 aromatic rings. The number of nitrogens with two attached hydrogens (primary N) is 6. The van der Waals surface area contributed by atoms with Crippen molar-refractivity contribution in [2.24, 2.45) is 34.4 Å². The number of rotatable bonds is 25. The molecule has 1 heterocycles. The highest BCUT2D eigenvalue weighted by molar-refractivity contribution is 6.00.